The van der Waals surface area contributed by atoms with E-state index < -0.39 is 0 Å². The number of nitrogens with zero attached hydrogens (tertiary/aromatic N) is 4. The van der Waals surface area contributed by atoms with Crippen molar-refractivity contribution in [3.05, 3.63) is 33.5 Å². The molecule has 2 aromatic rings. The fourth-order valence-corrected chi connectivity index (χ4v) is 3.13. The van der Waals surface area contributed by atoms with E-state index in [1.54, 1.807) is 18.4 Å². The summed E-state index contributed by atoms with van der Waals surface area (Å²) < 4.78 is 1.97. The predicted octanol–water partition coefficient (Wildman–Crippen LogP) is 2.68. The van der Waals surface area contributed by atoms with Gasteiger partial charge in [-0.1, -0.05) is 0 Å². The summed E-state index contributed by atoms with van der Waals surface area (Å²) in [5, 5.41) is 12.1. The first-order valence-corrected chi connectivity index (χ1v) is 8.76. The molecule has 0 aromatic carbocycles. The molecule has 0 amide bonds. The number of hydrogen-bond acceptors (Lipinski definition) is 4. The maximum atomic E-state index is 4.55. The lowest BCUT2D eigenvalue weighted by molar-refractivity contribution is 0.570. The summed E-state index contributed by atoms with van der Waals surface area (Å²) in [6.45, 7) is 8.85. The second-order valence-electron chi connectivity index (χ2n) is 5.56. The molecule has 0 atom stereocenters. The van der Waals surface area contributed by atoms with Crippen LogP contribution in [0.2, 0.25) is 0 Å². The number of aromatic nitrogens is 3. The summed E-state index contributed by atoms with van der Waals surface area (Å²) >= 11 is 1.77. The van der Waals surface area contributed by atoms with Crippen molar-refractivity contribution < 1.29 is 0 Å². The smallest absolute Gasteiger partial charge is 0.190 e. The average molecular weight is 462 g/mol. The van der Waals surface area contributed by atoms with E-state index in [0.29, 0.717) is 0 Å². The van der Waals surface area contributed by atoms with Gasteiger partial charge in [-0.3, -0.25) is 9.67 Å². The maximum absolute atomic E-state index is 4.55. The van der Waals surface area contributed by atoms with E-state index >= 15 is 0 Å². The van der Waals surface area contributed by atoms with Gasteiger partial charge in [0.25, 0.3) is 0 Å². The molecule has 6 nitrogen and oxygen atoms in total. The minimum absolute atomic E-state index is 0. The standard InChI is InChI=1S/C16H26N6S.HI/c1-12-10-20-22(11-12)9-5-7-18-16(17-4)19-8-6-15-21-13(2)14(3)23-15;/h10-11H,5-9H2,1-4H3,(H2,17,18,19);1H. The molecule has 0 aliphatic rings. The first kappa shape index (κ1) is 20.9. The quantitative estimate of drug-likeness (QED) is 0.288. The number of hydrogen-bond donors (Lipinski definition) is 2. The van der Waals surface area contributed by atoms with Gasteiger partial charge in [-0.2, -0.15) is 5.10 Å². The molecule has 2 rings (SSSR count). The Morgan fingerprint density at radius 1 is 1.25 bits per heavy atom. The van der Waals surface area contributed by atoms with Crippen LogP contribution < -0.4 is 10.6 Å². The molecule has 2 aromatic heterocycles. The van der Waals surface area contributed by atoms with Crippen LogP contribution in [0.3, 0.4) is 0 Å². The SMILES string of the molecule is CN=C(NCCCn1cc(C)cn1)NCCc1nc(C)c(C)s1.I. The van der Waals surface area contributed by atoms with Crippen molar-refractivity contribution in [1.29, 1.82) is 0 Å². The molecule has 0 fully saturated rings. The number of guanidine groups is 1. The van der Waals surface area contributed by atoms with Gasteiger partial charge < -0.3 is 10.6 Å². The van der Waals surface area contributed by atoms with Crippen molar-refractivity contribution in [2.24, 2.45) is 4.99 Å². The zero-order valence-electron chi connectivity index (χ0n) is 14.8. The van der Waals surface area contributed by atoms with Gasteiger partial charge in [0, 0.05) is 44.2 Å². The molecule has 0 aliphatic heterocycles. The molecule has 0 radical (unpaired) electrons. The summed E-state index contributed by atoms with van der Waals surface area (Å²) in [5.74, 6) is 0.839. The highest BCUT2D eigenvalue weighted by Gasteiger charge is 2.04. The molecule has 0 spiro atoms. The second-order valence-corrected chi connectivity index (χ2v) is 6.85. The largest absolute Gasteiger partial charge is 0.356 e. The summed E-state index contributed by atoms with van der Waals surface area (Å²) in [6, 6.07) is 0. The van der Waals surface area contributed by atoms with Crippen molar-refractivity contribution in [2.45, 2.75) is 40.2 Å². The Balaban J connectivity index is 0.00000288. The van der Waals surface area contributed by atoms with Gasteiger partial charge in [0.05, 0.1) is 16.9 Å². The lowest BCUT2D eigenvalue weighted by Gasteiger charge is -2.11. The van der Waals surface area contributed by atoms with Gasteiger partial charge in [-0.15, -0.1) is 35.3 Å². The van der Waals surface area contributed by atoms with Crippen molar-refractivity contribution in [1.82, 2.24) is 25.4 Å². The normalized spacial score (nSPS) is 11.2. The van der Waals surface area contributed by atoms with E-state index in [9.17, 15) is 0 Å². The molecule has 2 heterocycles. The fraction of sp³-hybridized carbons (Fsp3) is 0.562. The summed E-state index contributed by atoms with van der Waals surface area (Å²) in [6.07, 6.45) is 5.88. The fourth-order valence-electron chi connectivity index (χ4n) is 2.19. The number of thiazole rings is 1. The first-order valence-electron chi connectivity index (χ1n) is 7.95. The van der Waals surface area contributed by atoms with E-state index in [0.717, 1.165) is 44.1 Å². The van der Waals surface area contributed by atoms with Crippen LogP contribution in [0.5, 0.6) is 0 Å². The van der Waals surface area contributed by atoms with Crippen molar-refractivity contribution in [2.75, 3.05) is 20.1 Å². The van der Waals surface area contributed by atoms with Gasteiger partial charge in [0.2, 0.25) is 0 Å². The topological polar surface area (TPSA) is 67.1 Å². The van der Waals surface area contributed by atoms with Gasteiger partial charge in [0.15, 0.2) is 5.96 Å². The van der Waals surface area contributed by atoms with E-state index in [4.69, 9.17) is 0 Å². The molecule has 0 aliphatic carbocycles. The number of halogens is 1. The molecule has 0 saturated carbocycles. The highest BCUT2D eigenvalue weighted by molar-refractivity contribution is 14.0. The molecule has 8 heteroatoms. The Hall–Kier alpha value is -1.16. The number of nitrogens with one attached hydrogen (secondary N) is 2. The van der Waals surface area contributed by atoms with E-state index in [1.807, 2.05) is 10.9 Å². The number of aliphatic imine (C=N–C) groups is 1. The Morgan fingerprint density at radius 2 is 2.00 bits per heavy atom. The van der Waals surface area contributed by atoms with Gasteiger partial charge in [0.1, 0.15) is 0 Å². The summed E-state index contributed by atoms with van der Waals surface area (Å²) in [5.41, 5.74) is 2.34. The Bertz CT molecular complexity index is 629. The molecule has 24 heavy (non-hydrogen) atoms. The minimum atomic E-state index is 0. The zero-order valence-corrected chi connectivity index (χ0v) is 17.9. The Morgan fingerprint density at radius 3 is 2.58 bits per heavy atom. The minimum Gasteiger partial charge on any atom is -0.356 e. The summed E-state index contributed by atoms with van der Waals surface area (Å²) in [4.78, 5) is 10.1. The number of rotatable bonds is 7. The van der Waals surface area contributed by atoms with Crippen LogP contribution in [0, 0.1) is 20.8 Å². The average Bonchev–Trinajstić information content (AvgIpc) is 3.07. The molecular formula is C16H27IN6S. The van der Waals surface area contributed by atoms with Gasteiger partial charge in [-0.05, 0) is 32.8 Å². The van der Waals surface area contributed by atoms with Crippen molar-refractivity contribution >= 4 is 41.3 Å². The molecular weight excluding hydrogens is 435 g/mol. The second kappa shape index (κ2) is 10.7. The predicted molar refractivity (Wildman–Crippen MR) is 112 cm³/mol. The highest BCUT2D eigenvalue weighted by Crippen LogP contribution is 2.16. The van der Waals surface area contributed by atoms with Crippen LogP contribution in [-0.2, 0) is 13.0 Å². The Kier molecular flexibility index (Phi) is 9.27. The molecule has 2 N–H and O–H groups in total. The van der Waals surface area contributed by atoms with Crippen LogP contribution in [0.1, 0.15) is 27.6 Å². The first-order chi connectivity index (χ1) is 11.1. The van der Waals surface area contributed by atoms with Crippen LogP contribution in [0.25, 0.3) is 0 Å². The molecule has 0 saturated heterocycles. The molecule has 134 valence electrons. The van der Waals surface area contributed by atoms with Crippen LogP contribution in [0.15, 0.2) is 17.4 Å². The monoisotopic (exact) mass is 462 g/mol. The third kappa shape index (κ3) is 6.76. The van der Waals surface area contributed by atoms with E-state index in [2.05, 4.69) is 52.7 Å². The molecule has 0 bridgehead atoms. The van der Waals surface area contributed by atoms with Gasteiger partial charge >= 0.3 is 0 Å². The van der Waals surface area contributed by atoms with E-state index in [-0.39, 0.29) is 24.0 Å². The van der Waals surface area contributed by atoms with Gasteiger partial charge in [-0.25, -0.2) is 4.98 Å². The third-order valence-electron chi connectivity index (χ3n) is 3.55. The maximum Gasteiger partial charge on any atom is 0.190 e. The van der Waals surface area contributed by atoms with Crippen LogP contribution in [-0.4, -0.2) is 40.9 Å². The van der Waals surface area contributed by atoms with E-state index in [1.165, 1.54) is 15.4 Å². The van der Waals surface area contributed by atoms with Crippen LogP contribution >= 0.6 is 35.3 Å². The van der Waals surface area contributed by atoms with Crippen molar-refractivity contribution in [3.8, 4) is 0 Å². The lowest BCUT2D eigenvalue weighted by Crippen LogP contribution is -2.39. The highest BCUT2D eigenvalue weighted by atomic mass is 127. The van der Waals surface area contributed by atoms with Crippen LogP contribution in [0.4, 0.5) is 0 Å². The Labute approximate surface area is 165 Å². The summed E-state index contributed by atoms with van der Waals surface area (Å²) in [7, 11) is 1.80. The third-order valence-corrected chi connectivity index (χ3v) is 4.68. The van der Waals surface area contributed by atoms with Crippen molar-refractivity contribution in [3.63, 3.8) is 0 Å². The lowest BCUT2D eigenvalue weighted by atomic mass is 10.4. The zero-order chi connectivity index (χ0) is 16.7. The molecule has 0 unspecified atom stereocenters. The number of aryl methyl sites for hydroxylation is 4.